The molecular formula is C12H12BrNO4. The molecule has 1 saturated heterocycles. The molecule has 1 aliphatic heterocycles. The molecule has 1 amide bonds. The third-order valence-electron chi connectivity index (χ3n) is 2.68. The van der Waals surface area contributed by atoms with Crippen molar-refractivity contribution in [3.05, 3.63) is 34.3 Å². The molecule has 0 bridgehead atoms. The molecule has 1 heterocycles. The van der Waals surface area contributed by atoms with E-state index in [1.807, 2.05) is 24.3 Å². The Labute approximate surface area is 113 Å². The Kier molecular flexibility index (Phi) is 3.86. The fourth-order valence-electron chi connectivity index (χ4n) is 1.86. The van der Waals surface area contributed by atoms with Crippen LogP contribution in [0.5, 0.6) is 0 Å². The molecular weight excluding hydrogens is 302 g/mol. The number of hydrogen-bond donors (Lipinski definition) is 1. The summed E-state index contributed by atoms with van der Waals surface area (Å²) in [5.41, 5.74) is 0.995. The van der Waals surface area contributed by atoms with Gasteiger partial charge in [-0.1, -0.05) is 28.1 Å². The van der Waals surface area contributed by atoms with E-state index < -0.39 is 24.2 Å². The van der Waals surface area contributed by atoms with Crippen LogP contribution in [-0.2, 0) is 20.7 Å². The number of cyclic esters (lactones) is 1. The quantitative estimate of drug-likeness (QED) is 0.862. The highest BCUT2D eigenvalue weighted by Crippen LogP contribution is 2.18. The minimum Gasteiger partial charge on any atom is -0.466 e. The zero-order valence-corrected chi connectivity index (χ0v) is 11.3. The second kappa shape index (κ2) is 5.39. The summed E-state index contributed by atoms with van der Waals surface area (Å²) in [6, 6.07) is 7.25. The molecule has 18 heavy (non-hydrogen) atoms. The monoisotopic (exact) mass is 313 g/mol. The summed E-state index contributed by atoms with van der Waals surface area (Å²) < 4.78 is 10.4. The standard InChI is InChI=1S/C12H12BrNO4/c1-17-11(15)10-9(14-12(16)18-10)6-7-3-2-4-8(13)5-7/h2-5,9-10H,6H2,1H3,(H,14,16)/t9-,10?/m0/s1. The van der Waals surface area contributed by atoms with Gasteiger partial charge < -0.3 is 14.8 Å². The lowest BCUT2D eigenvalue weighted by molar-refractivity contribution is -0.149. The van der Waals surface area contributed by atoms with Crippen molar-refractivity contribution in [1.82, 2.24) is 5.32 Å². The first-order valence-electron chi connectivity index (χ1n) is 5.39. The van der Waals surface area contributed by atoms with E-state index in [9.17, 15) is 9.59 Å². The number of carbonyl (C=O) groups excluding carboxylic acids is 2. The van der Waals surface area contributed by atoms with Crippen molar-refractivity contribution in [2.45, 2.75) is 18.6 Å². The molecule has 96 valence electrons. The number of alkyl carbamates (subject to hydrolysis) is 1. The first kappa shape index (κ1) is 12.9. The highest BCUT2D eigenvalue weighted by atomic mass is 79.9. The molecule has 1 aromatic rings. The van der Waals surface area contributed by atoms with E-state index >= 15 is 0 Å². The molecule has 6 heteroatoms. The number of esters is 1. The van der Waals surface area contributed by atoms with Gasteiger partial charge in [-0.05, 0) is 24.1 Å². The predicted molar refractivity (Wildman–Crippen MR) is 67.1 cm³/mol. The summed E-state index contributed by atoms with van der Waals surface area (Å²) in [7, 11) is 1.27. The van der Waals surface area contributed by atoms with Gasteiger partial charge in [-0.25, -0.2) is 9.59 Å². The van der Waals surface area contributed by atoms with E-state index in [1.54, 1.807) is 0 Å². The SMILES string of the molecule is COC(=O)C1OC(=O)N[C@H]1Cc1cccc(Br)c1. The van der Waals surface area contributed by atoms with E-state index in [2.05, 4.69) is 26.0 Å². The molecule has 0 radical (unpaired) electrons. The largest absolute Gasteiger partial charge is 0.466 e. The van der Waals surface area contributed by atoms with Crippen LogP contribution in [0.2, 0.25) is 0 Å². The number of nitrogens with one attached hydrogen (secondary N) is 1. The first-order valence-corrected chi connectivity index (χ1v) is 6.19. The average Bonchev–Trinajstić information content (AvgIpc) is 2.69. The number of methoxy groups -OCH3 is 1. The lowest BCUT2D eigenvalue weighted by Crippen LogP contribution is -2.38. The number of ether oxygens (including phenoxy) is 2. The summed E-state index contributed by atoms with van der Waals surface area (Å²) >= 11 is 3.37. The molecule has 0 aliphatic carbocycles. The van der Waals surface area contributed by atoms with Crippen LogP contribution >= 0.6 is 15.9 Å². The topological polar surface area (TPSA) is 64.6 Å². The number of hydrogen-bond acceptors (Lipinski definition) is 4. The normalized spacial score (nSPS) is 22.2. The third-order valence-corrected chi connectivity index (χ3v) is 3.17. The Morgan fingerprint density at radius 3 is 3.00 bits per heavy atom. The Balaban J connectivity index is 2.12. The van der Waals surface area contributed by atoms with Crippen molar-refractivity contribution in [2.24, 2.45) is 0 Å². The Morgan fingerprint density at radius 1 is 1.56 bits per heavy atom. The van der Waals surface area contributed by atoms with E-state index in [4.69, 9.17) is 4.74 Å². The van der Waals surface area contributed by atoms with Gasteiger partial charge in [0, 0.05) is 4.47 Å². The zero-order valence-electron chi connectivity index (χ0n) is 9.68. The number of benzene rings is 1. The second-order valence-electron chi connectivity index (χ2n) is 3.93. The Hall–Kier alpha value is -1.56. The van der Waals surface area contributed by atoms with Crippen LogP contribution in [0.3, 0.4) is 0 Å². The number of halogens is 1. The molecule has 1 unspecified atom stereocenters. The van der Waals surface area contributed by atoms with E-state index in [0.717, 1.165) is 10.0 Å². The molecule has 1 aromatic carbocycles. The van der Waals surface area contributed by atoms with E-state index in [1.165, 1.54) is 7.11 Å². The fourth-order valence-corrected chi connectivity index (χ4v) is 2.31. The van der Waals surface area contributed by atoms with Gasteiger partial charge >= 0.3 is 12.1 Å². The van der Waals surface area contributed by atoms with Gasteiger partial charge in [0.2, 0.25) is 6.10 Å². The van der Waals surface area contributed by atoms with Gasteiger partial charge in [0.25, 0.3) is 0 Å². The van der Waals surface area contributed by atoms with Crippen molar-refractivity contribution in [3.63, 3.8) is 0 Å². The number of carbonyl (C=O) groups is 2. The van der Waals surface area contributed by atoms with Crippen LogP contribution in [0.4, 0.5) is 4.79 Å². The molecule has 5 nitrogen and oxygen atoms in total. The second-order valence-corrected chi connectivity index (χ2v) is 4.85. The summed E-state index contributed by atoms with van der Waals surface area (Å²) in [5.74, 6) is -0.548. The van der Waals surface area contributed by atoms with Gasteiger partial charge in [-0.3, -0.25) is 0 Å². The number of rotatable bonds is 3. The van der Waals surface area contributed by atoms with Crippen molar-refractivity contribution >= 4 is 28.0 Å². The maximum Gasteiger partial charge on any atom is 0.408 e. The zero-order chi connectivity index (χ0) is 13.1. The van der Waals surface area contributed by atoms with E-state index in [0.29, 0.717) is 6.42 Å². The fraction of sp³-hybridized carbons (Fsp3) is 0.333. The molecule has 0 spiro atoms. The van der Waals surface area contributed by atoms with Gasteiger partial charge in [0.1, 0.15) is 0 Å². The van der Waals surface area contributed by atoms with Crippen LogP contribution in [-0.4, -0.2) is 31.3 Å². The summed E-state index contributed by atoms with van der Waals surface area (Å²) in [6.45, 7) is 0. The average molecular weight is 314 g/mol. The molecule has 2 rings (SSSR count). The molecule has 0 saturated carbocycles. The van der Waals surface area contributed by atoms with Crippen molar-refractivity contribution in [3.8, 4) is 0 Å². The van der Waals surface area contributed by atoms with Crippen LogP contribution in [0.1, 0.15) is 5.56 Å². The van der Waals surface area contributed by atoms with Crippen LogP contribution in [0.15, 0.2) is 28.7 Å². The van der Waals surface area contributed by atoms with Crippen molar-refractivity contribution in [1.29, 1.82) is 0 Å². The lowest BCUT2D eigenvalue weighted by Gasteiger charge is -2.14. The summed E-state index contributed by atoms with van der Waals surface area (Å²) in [5, 5.41) is 2.61. The van der Waals surface area contributed by atoms with Gasteiger partial charge in [-0.2, -0.15) is 0 Å². The predicted octanol–water partition coefficient (Wildman–Crippen LogP) is 1.64. The van der Waals surface area contributed by atoms with Crippen LogP contribution < -0.4 is 5.32 Å². The van der Waals surface area contributed by atoms with Crippen LogP contribution in [0, 0.1) is 0 Å². The minimum atomic E-state index is -0.888. The summed E-state index contributed by atoms with van der Waals surface area (Å²) in [6.07, 6.45) is -0.975. The third kappa shape index (κ3) is 2.81. The van der Waals surface area contributed by atoms with Gasteiger partial charge in [-0.15, -0.1) is 0 Å². The highest BCUT2D eigenvalue weighted by Gasteiger charge is 2.40. The maximum absolute atomic E-state index is 11.5. The Morgan fingerprint density at radius 2 is 2.33 bits per heavy atom. The van der Waals surface area contributed by atoms with Crippen LogP contribution in [0.25, 0.3) is 0 Å². The molecule has 1 N–H and O–H groups in total. The summed E-state index contributed by atoms with van der Waals surface area (Å²) in [4.78, 5) is 22.7. The van der Waals surface area contributed by atoms with Gasteiger partial charge in [0.15, 0.2) is 0 Å². The van der Waals surface area contributed by atoms with Gasteiger partial charge in [0.05, 0.1) is 13.2 Å². The molecule has 1 aliphatic rings. The first-order chi connectivity index (χ1) is 8.60. The van der Waals surface area contributed by atoms with Crippen molar-refractivity contribution in [2.75, 3.05) is 7.11 Å². The molecule has 0 aromatic heterocycles. The molecule has 1 fully saturated rings. The molecule has 2 atom stereocenters. The van der Waals surface area contributed by atoms with Crippen molar-refractivity contribution < 1.29 is 19.1 Å². The van der Waals surface area contributed by atoms with E-state index in [-0.39, 0.29) is 0 Å². The number of amides is 1. The smallest absolute Gasteiger partial charge is 0.408 e. The minimum absolute atomic E-state index is 0.403. The lowest BCUT2D eigenvalue weighted by atomic mass is 10.0. The maximum atomic E-state index is 11.5. The Bertz CT molecular complexity index is 477. The highest BCUT2D eigenvalue weighted by molar-refractivity contribution is 9.10.